The van der Waals surface area contributed by atoms with E-state index in [4.69, 9.17) is 0 Å². The molecule has 1 aliphatic rings. The highest BCUT2D eigenvalue weighted by atomic mass is 79.9. The van der Waals surface area contributed by atoms with Gasteiger partial charge < -0.3 is 5.32 Å². The third-order valence-electron chi connectivity index (χ3n) is 2.84. The highest BCUT2D eigenvalue weighted by Gasteiger charge is 2.17. The molecule has 4 nitrogen and oxygen atoms in total. The number of aromatic nitrogens is 2. The molecule has 1 fully saturated rings. The molecule has 0 saturated carbocycles. The molecule has 6 heteroatoms. The topological polar surface area (TPSA) is 33.1 Å². The lowest BCUT2D eigenvalue weighted by Crippen LogP contribution is -2.48. The molecular formula is C10H18BrClN4. The number of piperazine rings is 1. The van der Waals surface area contributed by atoms with Crippen LogP contribution in [0.1, 0.15) is 12.6 Å². The van der Waals surface area contributed by atoms with Gasteiger partial charge in [-0.3, -0.25) is 9.58 Å². The zero-order valence-corrected chi connectivity index (χ0v) is 12.0. The normalized spacial score (nSPS) is 21.8. The SMILES string of the molecule is C[C@H]1CN(Cc2c(Br)cnn2C)CCN1.Cl. The molecule has 0 amide bonds. The van der Waals surface area contributed by atoms with E-state index in [0.29, 0.717) is 6.04 Å². The van der Waals surface area contributed by atoms with Gasteiger partial charge in [-0.15, -0.1) is 12.4 Å². The van der Waals surface area contributed by atoms with Crippen molar-refractivity contribution in [1.82, 2.24) is 20.0 Å². The van der Waals surface area contributed by atoms with Crippen molar-refractivity contribution >= 4 is 28.3 Å². The molecule has 1 aliphatic heterocycles. The molecule has 1 aromatic rings. The lowest BCUT2D eigenvalue weighted by atomic mass is 10.2. The van der Waals surface area contributed by atoms with Crippen LogP contribution in [0.3, 0.4) is 0 Å². The molecule has 0 aromatic carbocycles. The predicted molar refractivity (Wildman–Crippen MR) is 70.9 cm³/mol. The van der Waals surface area contributed by atoms with Gasteiger partial charge >= 0.3 is 0 Å². The third kappa shape index (κ3) is 3.20. The monoisotopic (exact) mass is 308 g/mol. The Morgan fingerprint density at radius 2 is 2.38 bits per heavy atom. The van der Waals surface area contributed by atoms with Crippen molar-refractivity contribution in [3.63, 3.8) is 0 Å². The van der Waals surface area contributed by atoms with Crippen LogP contribution < -0.4 is 5.32 Å². The number of nitrogens with one attached hydrogen (secondary N) is 1. The molecule has 0 radical (unpaired) electrons. The van der Waals surface area contributed by atoms with Crippen LogP contribution >= 0.6 is 28.3 Å². The summed E-state index contributed by atoms with van der Waals surface area (Å²) in [5.41, 5.74) is 1.25. The van der Waals surface area contributed by atoms with Crippen molar-refractivity contribution in [2.45, 2.75) is 19.5 Å². The van der Waals surface area contributed by atoms with E-state index < -0.39 is 0 Å². The summed E-state index contributed by atoms with van der Waals surface area (Å²) < 4.78 is 3.05. The summed E-state index contributed by atoms with van der Waals surface area (Å²) in [6.45, 7) is 6.50. The molecular weight excluding hydrogens is 291 g/mol. The van der Waals surface area contributed by atoms with E-state index in [1.54, 1.807) is 0 Å². The van der Waals surface area contributed by atoms with Crippen LogP contribution in [0.25, 0.3) is 0 Å². The number of hydrogen-bond donors (Lipinski definition) is 1. The average molecular weight is 310 g/mol. The van der Waals surface area contributed by atoms with Gasteiger partial charge in [-0.2, -0.15) is 5.10 Å². The number of aryl methyl sites for hydroxylation is 1. The number of nitrogens with zero attached hydrogens (tertiary/aromatic N) is 3. The first-order valence-corrected chi connectivity index (χ1v) is 6.08. The molecule has 1 saturated heterocycles. The van der Waals surface area contributed by atoms with Gasteiger partial charge in [0.25, 0.3) is 0 Å². The second-order valence-electron chi connectivity index (χ2n) is 4.15. The molecule has 1 aromatic heterocycles. The lowest BCUT2D eigenvalue weighted by Gasteiger charge is -2.31. The second kappa shape index (κ2) is 6.00. The molecule has 16 heavy (non-hydrogen) atoms. The fourth-order valence-corrected chi connectivity index (χ4v) is 2.46. The number of rotatable bonds is 2. The molecule has 2 heterocycles. The van der Waals surface area contributed by atoms with Crippen molar-refractivity contribution in [2.75, 3.05) is 19.6 Å². The van der Waals surface area contributed by atoms with Crippen LogP contribution in [0, 0.1) is 0 Å². The Morgan fingerprint density at radius 1 is 1.62 bits per heavy atom. The van der Waals surface area contributed by atoms with Crippen molar-refractivity contribution in [3.8, 4) is 0 Å². The first kappa shape index (κ1) is 14.0. The molecule has 1 atom stereocenters. The minimum atomic E-state index is 0. The van der Waals surface area contributed by atoms with Crippen LogP contribution in [0.15, 0.2) is 10.7 Å². The van der Waals surface area contributed by atoms with Crippen molar-refractivity contribution in [1.29, 1.82) is 0 Å². The summed E-state index contributed by atoms with van der Waals surface area (Å²) in [5.74, 6) is 0. The zero-order chi connectivity index (χ0) is 10.8. The van der Waals surface area contributed by atoms with Crippen LogP contribution in [0.5, 0.6) is 0 Å². The largest absolute Gasteiger partial charge is 0.312 e. The molecule has 2 rings (SSSR count). The summed E-state index contributed by atoms with van der Waals surface area (Å²) in [6.07, 6.45) is 1.86. The molecule has 1 N–H and O–H groups in total. The highest BCUT2D eigenvalue weighted by molar-refractivity contribution is 9.10. The van der Waals surface area contributed by atoms with Gasteiger partial charge in [0.1, 0.15) is 0 Å². The standard InChI is InChI=1S/C10H17BrN4.ClH/c1-8-6-15(4-3-12-8)7-10-9(11)5-13-14(10)2;/h5,8,12H,3-4,6-7H2,1-2H3;1H/t8-;/m0./s1. The minimum absolute atomic E-state index is 0. The summed E-state index contributed by atoms with van der Waals surface area (Å²) in [5, 5.41) is 7.67. The minimum Gasteiger partial charge on any atom is -0.312 e. The predicted octanol–water partition coefficient (Wildman–Crippen LogP) is 1.40. The van der Waals surface area contributed by atoms with E-state index in [0.717, 1.165) is 30.7 Å². The van der Waals surface area contributed by atoms with Gasteiger partial charge in [0.05, 0.1) is 16.4 Å². The van der Waals surface area contributed by atoms with Crippen molar-refractivity contribution in [3.05, 3.63) is 16.4 Å². The molecule has 92 valence electrons. The van der Waals surface area contributed by atoms with Gasteiger partial charge in [0.2, 0.25) is 0 Å². The maximum absolute atomic E-state index is 4.23. The Balaban J connectivity index is 0.00000128. The van der Waals surface area contributed by atoms with Crippen LogP contribution in [0.4, 0.5) is 0 Å². The van der Waals surface area contributed by atoms with E-state index in [2.05, 4.69) is 38.2 Å². The zero-order valence-electron chi connectivity index (χ0n) is 9.61. The van der Waals surface area contributed by atoms with Gasteiger partial charge in [-0.1, -0.05) is 0 Å². The third-order valence-corrected chi connectivity index (χ3v) is 3.50. The van der Waals surface area contributed by atoms with Gasteiger partial charge in [-0.25, -0.2) is 0 Å². The van der Waals surface area contributed by atoms with Gasteiger partial charge in [-0.05, 0) is 22.9 Å². The molecule has 0 spiro atoms. The maximum atomic E-state index is 4.23. The van der Waals surface area contributed by atoms with E-state index in [-0.39, 0.29) is 12.4 Å². The molecule has 0 unspecified atom stereocenters. The Morgan fingerprint density at radius 3 is 2.94 bits per heavy atom. The second-order valence-corrected chi connectivity index (χ2v) is 5.01. The Kier molecular flexibility index (Phi) is 5.24. The summed E-state index contributed by atoms with van der Waals surface area (Å²) in [7, 11) is 1.99. The Bertz CT molecular complexity index is 322. The van der Waals surface area contributed by atoms with E-state index in [1.807, 2.05) is 17.9 Å². The van der Waals surface area contributed by atoms with Crippen molar-refractivity contribution in [2.24, 2.45) is 7.05 Å². The van der Waals surface area contributed by atoms with Crippen molar-refractivity contribution < 1.29 is 0 Å². The Hall–Kier alpha value is -0.100. The summed E-state index contributed by atoms with van der Waals surface area (Å²) >= 11 is 3.53. The van der Waals surface area contributed by atoms with E-state index in [1.165, 1.54) is 5.69 Å². The lowest BCUT2D eigenvalue weighted by molar-refractivity contribution is 0.195. The van der Waals surface area contributed by atoms with Crippen LogP contribution in [-0.2, 0) is 13.6 Å². The average Bonchev–Trinajstić information content (AvgIpc) is 2.50. The number of hydrogen-bond acceptors (Lipinski definition) is 3. The van der Waals surface area contributed by atoms with Gasteiger partial charge in [0, 0.05) is 39.3 Å². The molecule has 0 aliphatic carbocycles. The van der Waals surface area contributed by atoms with E-state index in [9.17, 15) is 0 Å². The number of halogens is 2. The fraction of sp³-hybridized carbons (Fsp3) is 0.700. The first-order valence-electron chi connectivity index (χ1n) is 5.29. The van der Waals surface area contributed by atoms with E-state index >= 15 is 0 Å². The van der Waals surface area contributed by atoms with Crippen LogP contribution in [0.2, 0.25) is 0 Å². The quantitative estimate of drug-likeness (QED) is 0.896. The summed E-state index contributed by atoms with van der Waals surface area (Å²) in [6, 6.07) is 0.589. The Labute approximate surface area is 111 Å². The molecule has 0 bridgehead atoms. The fourth-order valence-electron chi connectivity index (χ4n) is 1.98. The smallest absolute Gasteiger partial charge is 0.0663 e. The highest BCUT2D eigenvalue weighted by Crippen LogP contribution is 2.17. The van der Waals surface area contributed by atoms with Gasteiger partial charge in [0.15, 0.2) is 0 Å². The maximum Gasteiger partial charge on any atom is 0.0663 e. The summed E-state index contributed by atoms with van der Waals surface area (Å²) in [4.78, 5) is 2.46. The van der Waals surface area contributed by atoms with Crippen LogP contribution in [-0.4, -0.2) is 40.4 Å². The first-order chi connectivity index (χ1) is 7.16.